The van der Waals surface area contributed by atoms with E-state index in [9.17, 15) is 0 Å². The van der Waals surface area contributed by atoms with Gasteiger partial charge < -0.3 is 10.6 Å². The summed E-state index contributed by atoms with van der Waals surface area (Å²) in [7, 11) is 0. The Bertz CT molecular complexity index is 447. The highest BCUT2D eigenvalue weighted by molar-refractivity contribution is 5.58. The SMILES string of the molecule is NCC1=CCC2=CC=CN3CC=CC1=C23. The van der Waals surface area contributed by atoms with Crippen molar-refractivity contribution in [3.05, 3.63) is 59.0 Å². The van der Waals surface area contributed by atoms with E-state index in [0.717, 1.165) is 13.0 Å². The quantitative estimate of drug-likeness (QED) is 0.696. The van der Waals surface area contributed by atoms with Gasteiger partial charge in [-0.15, -0.1) is 0 Å². The third-order valence-corrected chi connectivity index (χ3v) is 3.13. The molecular formula is C13H14N2. The van der Waals surface area contributed by atoms with E-state index in [-0.39, 0.29) is 0 Å². The second-order valence-corrected chi connectivity index (χ2v) is 3.99. The predicted octanol–water partition coefficient (Wildman–Crippen LogP) is 1.85. The van der Waals surface area contributed by atoms with Gasteiger partial charge in [0.1, 0.15) is 0 Å². The van der Waals surface area contributed by atoms with E-state index >= 15 is 0 Å². The van der Waals surface area contributed by atoms with Gasteiger partial charge in [-0.25, -0.2) is 0 Å². The van der Waals surface area contributed by atoms with Crippen molar-refractivity contribution < 1.29 is 0 Å². The number of rotatable bonds is 1. The molecule has 0 atom stereocenters. The molecule has 76 valence electrons. The molecule has 1 aliphatic carbocycles. The Hall–Kier alpha value is -1.54. The zero-order valence-electron chi connectivity index (χ0n) is 8.61. The molecule has 0 aromatic rings. The standard InChI is InChI=1S/C13H14N2/c14-9-11-6-5-10-3-1-7-15-8-2-4-12(11)13(10)15/h1-4,6-7H,5,8-9,14H2. The maximum Gasteiger partial charge on any atom is 0.0521 e. The van der Waals surface area contributed by atoms with E-state index in [1.165, 1.54) is 22.4 Å². The second kappa shape index (κ2) is 3.24. The monoisotopic (exact) mass is 198 g/mol. The Balaban J connectivity index is 2.17. The van der Waals surface area contributed by atoms with Crippen molar-refractivity contribution in [1.82, 2.24) is 4.90 Å². The molecule has 2 heterocycles. The molecule has 0 bridgehead atoms. The molecule has 0 radical (unpaired) electrons. The average Bonchev–Trinajstić information content (AvgIpc) is 2.30. The number of nitrogens with zero attached hydrogens (tertiary/aromatic N) is 1. The summed E-state index contributed by atoms with van der Waals surface area (Å²) in [6, 6.07) is 0. The van der Waals surface area contributed by atoms with E-state index < -0.39 is 0 Å². The molecule has 3 aliphatic rings. The lowest BCUT2D eigenvalue weighted by Gasteiger charge is -2.34. The largest absolute Gasteiger partial charge is 0.343 e. The maximum atomic E-state index is 5.77. The Labute approximate surface area is 89.8 Å². The van der Waals surface area contributed by atoms with Crippen LogP contribution >= 0.6 is 0 Å². The summed E-state index contributed by atoms with van der Waals surface area (Å²) in [5, 5.41) is 0. The lowest BCUT2D eigenvalue weighted by Crippen LogP contribution is -2.27. The van der Waals surface area contributed by atoms with Crippen molar-refractivity contribution in [3.63, 3.8) is 0 Å². The van der Waals surface area contributed by atoms with Crippen LogP contribution in [0.25, 0.3) is 0 Å². The van der Waals surface area contributed by atoms with E-state index in [4.69, 9.17) is 5.73 Å². The van der Waals surface area contributed by atoms with Gasteiger partial charge in [0, 0.05) is 24.9 Å². The molecule has 0 spiro atoms. The van der Waals surface area contributed by atoms with Crippen molar-refractivity contribution in [2.45, 2.75) is 6.42 Å². The summed E-state index contributed by atoms with van der Waals surface area (Å²) in [5.74, 6) is 0. The molecule has 0 aromatic heterocycles. The Morgan fingerprint density at radius 3 is 3.20 bits per heavy atom. The molecule has 0 amide bonds. The first-order valence-corrected chi connectivity index (χ1v) is 5.35. The van der Waals surface area contributed by atoms with Gasteiger partial charge in [-0.3, -0.25) is 0 Å². The molecule has 3 rings (SSSR count). The van der Waals surface area contributed by atoms with Crippen LogP contribution in [0.1, 0.15) is 6.42 Å². The van der Waals surface area contributed by atoms with Gasteiger partial charge in [-0.05, 0) is 23.6 Å². The summed E-state index contributed by atoms with van der Waals surface area (Å²) in [6.07, 6.45) is 14.1. The summed E-state index contributed by atoms with van der Waals surface area (Å²) in [4.78, 5) is 2.30. The molecule has 0 unspecified atom stereocenters. The van der Waals surface area contributed by atoms with E-state index in [1.807, 2.05) is 0 Å². The smallest absolute Gasteiger partial charge is 0.0521 e. The minimum atomic E-state index is 0.633. The van der Waals surface area contributed by atoms with Crippen LogP contribution in [0.15, 0.2) is 59.0 Å². The molecule has 0 saturated carbocycles. The first-order chi connectivity index (χ1) is 7.40. The minimum absolute atomic E-state index is 0.633. The highest BCUT2D eigenvalue weighted by atomic mass is 15.1. The van der Waals surface area contributed by atoms with Gasteiger partial charge in [-0.1, -0.05) is 24.3 Å². The van der Waals surface area contributed by atoms with Gasteiger partial charge in [0.15, 0.2) is 0 Å². The summed E-state index contributed by atoms with van der Waals surface area (Å²) in [5.41, 5.74) is 11.1. The van der Waals surface area contributed by atoms with Crippen molar-refractivity contribution >= 4 is 0 Å². The van der Waals surface area contributed by atoms with Crippen LogP contribution in [0.2, 0.25) is 0 Å². The molecule has 0 saturated heterocycles. The topological polar surface area (TPSA) is 29.3 Å². The summed E-state index contributed by atoms with van der Waals surface area (Å²) < 4.78 is 0. The molecule has 15 heavy (non-hydrogen) atoms. The van der Waals surface area contributed by atoms with Crippen LogP contribution in [0.3, 0.4) is 0 Å². The number of nitrogens with two attached hydrogens (primary N) is 1. The highest BCUT2D eigenvalue weighted by Crippen LogP contribution is 2.36. The Morgan fingerprint density at radius 1 is 1.40 bits per heavy atom. The van der Waals surface area contributed by atoms with Crippen LogP contribution in [-0.2, 0) is 0 Å². The number of hydrogen-bond donors (Lipinski definition) is 1. The van der Waals surface area contributed by atoms with Crippen LogP contribution in [-0.4, -0.2) is 18.0 Å². The molecule has 2 heteroatoms. The van der Waals surface area contributed by atoms with Gasteiger partial charge >= 0.3 is 0 Å². The van der Waals surface area contributed by atoms with E-state index in [2.05, 4.69) is 41.5 Å². The fourth-order valence-electron chi connectivity index (χ4n) is 2.40. The molecule has 2 aliphatic heterocycles. The fraction of sp³-hybridized carbons (Fsp3) is 0.231. The van der Waals surface area contributed by atoms with Crippen LogP contribution in [0, 0.1) is 0 Å². The lowest BCUT2D eigenvalue weighted by atomic mass is 9.87. The van der Waals surface area contributed by atoms with Gasteiger partial charge in [-0.2, -0.15) is 0 Å². The lowest BCUT2D eigenvalue weighted by molar-refractivity contribution is 0.504. The zero-order chi connectivity index (χ0) is 10.3. The van der Waals surface area contributed by atoms with Crippen molar-refractivity contribution in [2.75, 3.05) is 13.1 Å². The number of hydrogen-bond acceptors (Lipinski definition) is 2. The average molecular weight is 198 g/mol. The summed E-state index contributed by atoms with van der Waals surface area (Å²) >= 11 is 0. The molecule has 0 aromatic carbocycles. The third-order valence-electron chi connectivity index (χ3n) is 3.13. The van der Waals surface area contributed by atoms with Gasteiger partial charge in [0.2, 0.25) is 0 Å². The zero-order valence-corrected chi connectivity index (χ0v) is 8.61. The van der Waals surface area contributed by atoms with Crippen molar-refractivity contribution in [2.24, 2.45) is 5.73 Å². The maximum absolute atomic E-state index is 5.77. The van der Waals surface area contributed by atoms with Crippen molar-refractivity contribution in [3.8, 4) is 0 Å². The second-order valence-electron chi connectivity index (χ2n) is 3.99. The predicted molar refractivity (Wildman–Crippen MR) is 61.8 cm³/mol. The van der Waals surface area contributed by atoms with Gasteiger partial charge in [0.25, 0.3) is 0 Å². The number of allylic oxidation sites excluding steroid dienone is 5. The highest BCUT2D eigenvalue weighted by Gasteiger charge is 2.24. The molecule has 2 nitrogen and oxygen atoms in total. The van der Waals surface area contributed by atoms with E-state index in [1.54, 1.807) is 0 Å². The third kappa shape index (κ3) is 1.22. The fourth-order valence-corrected chi connectivity index (χ4v) is 2.40. The Kier molecular flexibility index (Phi) is 1.89. The molecule has 0 fully saturated rings. The first kappa shape index (κ1) is 8.74. The van der Waals surface area contributed by atoms with Crippen molar-refractivity contribution in [1.29, 1.82) is 0 Å². The van der Waals surface area contributed by atoms with Gasteiger partial charge in [0.05, 0.1) is 5.70 Å². The molecular weight excluding hydrogens is 184 g/mol. The minimum Gasteiger partial charge on any atom is -0.343 e. The normalized spacial score (nSPS) is 22.6. The first-order valence-electron chi connectivity index (χ1n) is 5.35. The van der Waals surface area contributed by atoms with E-state index in [0.29, 0.717) is 6.54 Å². The van der Waals surface area contributed by atoms with Crippen LogP contribution < -0.4 is 5.73 Å². The van der Waals surface area contributed by atoms with Crippen LogP contribution in [0.5, 0.6) is 0 Å². The summed E-state index contributed by atoms with van der Waals surface area (Å²) in [6.45, 7) is 1.61. The Morgan fingerprint density at radius 2 is 2.33 bits per heavy atom. The van der Waals surface area contributed by atoms with Crippen LogP contribution in [0.4, 0.5) is 0 Å². The molecule has 2 N–H and O–H groups in total.